The van der Waals surface area contributed by atoms with E-state index in [9.17, 15) is 19.5 Å². The zero-order valence-corrected chi connectivity index (χ0v) is 18.9. The van der Waals surface area contributed by atoms with Crippen LogP contribution in [0.15, 0.2) is 115 Å². The molecular formula is C26H19N3O4S. The Morgan fingerprint density at radius 3 is 1.74 bits per heavy atom. The molecule has 34 heavy (non-hydrogen) atoms. The van der Waals surface area contributed by atoms with Gasteiger partial charge in [-0.2, -0.15) is 0 Å². The molecule has 1 N–H and O–H groups in total. The molecule has 8 heteroatoms. The van der Waals surface area contributed by atoms with E-state index in [-0.39, 0.29) is 15.9 Å². The summed E-state index contributed by atoms with van der Waals surface area (Å²) in [6, 6.07) is 26.3. The van der Waals surface area contributed by atoms with Crippen LogP contribution in [0.5, 0.6) is 5.75 Å². The Hall–Kier alpha value is -4.30. The Balaban J connectivity index is 1.96. The largest absolute Gasteiger partial charge is 0.506 e. The van der Waals surface area contributed by atoms with E-state index >= 15 is 0 Å². The van der Waals surface area contributed by atoms with Gasteiger partial charge in [0.15, 0.2) is 5.75 Å². The van der Waals surface area contributed by atoms with E-state index in [4.69, 9.17) is 0 Å². The second-order valence-corrected chi connectivity index (χ2v) is 8.67. The van der Waals surface area contributed by atoms with Crippen LogP contribution in [0.1, 0.15) is 0 Å². The number of rotatable bonds is 4. The summed E-state index contributed by atoms with van der Waals surface area (Å²) >= 11 is 1.07. The molecule has 0 unspecified atom stereocenters. The molecule has 168 valence electrons. The average Bonchev–Trinajstić information content (AvgIpc) is 2.87. The normalized spacial score (nSPS) is 11.1. The molecule has 3 aromatic carbocycles. The Labute approximate surface area is 197 Å². The van der Waals surface area contributed by atoms with E-state index < -0.39 is 22.6 Å². The second kappa shape index (κ2) is 8.57. The SMILES string of the molecule is Cn1c(=O)c(Sc2ccccc2)c(O)c2c(=O)n(-c3ccccc3)c(=O)n(-c3ccccc3)c21. The lowest BCUT2D eigenvalue weighted by Gasteiger charge is -2.18. The number of aromatic hydroxyl groups is 1. The third-order valence-electron chi connectivity index (χ3n) is 5.50. The minimum atomic E-state index is -0.707. The van der Waals surface area contributed by atoms with E-state index in [1.54, 1.807) is 72.8 Å². The van der Waals surface area contributed by atoms with E-state index in [1.807, 2.05) is 18.2 Å². The first-order valence-corrected chi connectivity index (χ1v) is 11.3. The molecule has 5 aromatic rings. The van der Waals surface area contributed by atoms with Crippen molar-refractivity contribution >= 4 is 22.8 Å². The van der Waals surface area contributed by atoms with Crippen molar-refractivity contribution in [3.05, 3.63) is 122 Å². The fourth-order valence-corrected chi connectivity index (χ4v) is 4.85. The molecule has 0 saturated carbocycles. The van der Waals surface area contributed by atoms with E-state index in [1.165, 1.54) is 16.2 Å². The summed E-state index contributed by atoms with van der Waals surface area (Å²) in [5.74, 6) is -0.452. The highest BCUT2D eigenvalue weighted by Crippen LogP contribution is 2.35. The summed E-state index contributed by atoms with van der Waals surface area (Å²) in [5, 5.41) is 11.1. The van der Waals surface area contributed by atoms with Crippen molar-refractivity contribution in [3.63, 3.8) is 0 Å². The summed E-state index contributed by atoms with van der Waals surface area (Å²) in [6.07, 6.45) is 0. The fraction of sp³-hybridized carbons (Fsp3) is 0.0385. The van der Waals surface area contributed by atoms with Gasteiger partial charge < -0.3 is 5.11 Å². The monoisotopic (exact) mass is 469 g/mol. The third-order valence-corrected chi connectivity index (χ3v) is 6.58. The number of aromatic nitrogens is 3. The summed E-state index contributed by atoms with van der Waals surface area (Å²) in [4.78, 5) is 41.4. The Morgan fingerprint density at radius 2 is 1.18 bits per heavy atom. The number of nitrogens with zero attached hydrogens (tertiary/aromatic N) is 3. The van der Waals surface area contributed by atoms with Crippen molar-refractivity contribution < 1.29 is 5.11 Å². The van der Waals surface area contributed by atoms with Crippen LogP contribution in [0.4, 0.5) is 0 Å². The van der Waals surface area contributed by atoms with Gasteiger partial charge in [-0.3, -0.25) is 14.2 Å². The molecule has 7 nitrogen and oxygen atoms in total. The van der Waals surface area contributed by atoms with Crippen LogP contribution in [0.2, 0.25) is 0 Å². The van der Waals surface area contributed by atoms with Crippen LogP contribution in [0.3, 0.4) is 0 Å². The van der Waals surface area contributed by atoms with Gasteiger partial charge in [-0.25, -0.2) is 13.9 Å². The first-order valence-electron chi connectivity index (χ1n) is 10.5. The molecule has 0 radical (unpaired) electrons. The minimum Gasteiger partial charge on any atom is -0.506 e. The molecule has 0 aliphatic rings. The number of pyridine rings is 1. The van der Waals surface area contributed by atoms with Crippen LogP contribution in [-0.4, -0.2) is 18.8 Å². The summed E-state index contributed by atoms with van der Waals surface area (Å²) in [7, 11) is 1.49. The van der Waals surface area contributed by atoms with Crippen molar-refractivity contribution in [2.75, 3.05) is 0 Å². The number of hydrogen-bond acceptors (Lipinski definition) is 5. The molecule has 2 aromatic heterocycles. The maximum atomic E-state index is 13.7. The van der Waals surface area contributed by atoms with Gasteiger partial charge in [0, 0.05) is 11.9 Å². The van der Waals surface area contributed by atoms with Crippen molar-refractivity contribution in [3.8, 4) is 17.1 Å². The standard InChI is InChI=1S/C26H19N3O4S/c1-27-23-20(21(30)22(25(27)32)34-19-15-9-4-10-16-19)24(31)29(18-13-7-3-8-14-18)26(33)28(23)17-11-5-2-6-12-17/h2-16,30H,1H3. The van der Waals surface area contributed by atoms with Gasteiger partial charge in [0.05, 0.1) is 11.4 Å². The number of benzene rings is 3. The second-order valence-electron chi connectivity index (χ2n) is 7.59. The van der Waals surface area contributed by atoms with Crippen molar-refractivity contribution in [2.45, 2.75) is 9.79 Å². The van der Waals surface area contributed by atoms with Gasteiger partial charge in [-0.05, 0) is 36.4 Å². The van der Waals surface area contributed by atoms with Gasteiger partial charge in [-0.15, -0.1) is 0 Å². The average molecular weight is 470 g/mol. The number of para-hydroxylation sites is 2. The van der Waals surface area contributed by atoms with Crippen LogP contribution < -0.4 is 16.8 Å². The number of fused-ring (bicyclic) bond motifs is 1. The minimum absolute atomic E-state index is 0.0103. The van der Waals surface area contributed by atoms with E-state index in [0.717, 1.165) is 21.2 Å². The van der Waals surface area contributed by atoms with E-state index in [0.29, 0.717) is 11.4 Å². The highest BCUT2D eigenvalue weighted by Gasteiger charge is 2.25. The van der Waals surface area contributed by atoms with Gasteiger partial charge >= 0.3 is 5.69 Å². The Bertz CT molecular complexity index is 1690. The van der Waals surface area contributed by atoms with Crippen LogP contribution in [0.25, 0.3) is 22.4 Å². The number of aryl methyl sites for hydroxylation is 1. The zero-order valence-electron chi connectivity index (χ0n) is 18.1. The van der Waals surface area contributed by atoms with Crippen LogP contribution >= 0.6 is 11.8 Å². The molecule has 0 aliphatic carbocycles. The molecule has 0 bridgehead atoms. The lowest BCUT2D eigenvalue weighted by Crippen LogP contribution is -2.40. The van der Waals surface area contributed by atoms with E-state index in [2.05, 4.69) is 0 Å². The first kappa shape index (κ1) is 21.5. The predicted molar refractivity (Wildman–Crippen MR) is 133 cm³/mol. The van der Waals surface area contributed by atoms with Gasteiger partial charge in [0.2, 0.25) is 0 Å². The van der Waals surface area contributed by atoms with Gasteiger partial charge in [0.25, 0.3) is 11.1 Å². The predicted octanol–water partition coefficient (Wildman–Crippen LogP) is 3.70. The molecule has 0 atom stereocenters. The molecule has 0 saturated heterocycles. The maximum Gasteiger partial charge on any atom is 0.341 e. The van der Waals surface area contributed by atoms with Gasteiger partial charge in [-0.1, -0.05) is 66.4 Å². The first-order chi connectivity index (χ1) is 16.5. The maximum absolute atomic E-state index is 13.7. The van der Waals surface area contributed by atoms with Gasteiger partial charge in [0.1, 0.15) is 15.9 Å². The highest BCUT2D eigenvalue weighted by molar-refractivity contribution is 7.99. The zero-order chi connectivity index (χ0) is 23.8. The molecule has 0 fully saturated rings. The van der Waals surface area contributed by atoms with Crippen LogP contribution in [0, 0.1) is 0 Å². The lowest BCUT2D eigenvalue weighted by molar-refractivity contribution is 0.463. The Morgan fingerprint density at radius 1 is 0.676 bits per heavy atom. The van der Waals surface area contributed by atoms with Crippen molar-refractivity contribution in [2.24, 2.45) is 7.05 Å². The lowest BCUT2D eigenvalue weighted by atomic mass is 10.2. The van der Waals surface area contributed by atoms with Crippen molar-refractivity contribution in [1.29, 1.82) is 0 Å². The molecule has 2 heterocycles. The van der Waals surface area contributed by atoms with Crippen molar-refractivity contribution in [1.82, 2.24) is 13.7 Å². The Kier molecular flexibility index (Phi) is 5.43. The molecule has 0 amide bonds. The molecule has 5 rings (SSSR count). The highest BCUT2D eigenvalue weighted by atomic mass is 32.2. The summed E-state index contributed by atoms with van der Waals surface area (Å²) in [5.41, 5.74) is -1.03. The molecular weight excluding hydrogens is 450 g/mol. The van der Waals surface area contributed by atoms with Crippen LogP contribution in [-0.2, 0) is 7.05 Å². The quantitative estimate of drug-likeness (QED) is 0.434. The summed E-state index contributed by atoms with van der Waals surface area (Å²) < 4.78 is 3.53. The topological polar surface area (TPSA) is 86.2 Å². The third kappa shape index (κ3) is 3.45. The number of hydrogen-bond donors (Lipinski definition) is 1. The fourth-order valence-electron chi connectivity index (χ4n) is 3.90. The smallest absolute Gasteiger partial charge is 0.341 e. The molecule has 0 aliphatic heterocycles. The summed E-state index contributed by atoms with van der Waals surface area (Å²) in [6.45, 7) is 0. The molecule has 0 spiro atoms.